The van der Waals surface area contributed by atoms with Crippen LogP contribution in [0.5, 0.6) is 0 Å². The summed E-state index contributed by atoms with van der Waals surface area (Å²) in [5.74, 6) is -0.499. The minimum Gasteiger partial charge on any atom is -0.207 e. The van der Waals surface area contributed by atoms with Crippen LogP contribution in [-0.2, 0) is 10.9 Å². The predicted molar refractivity (Wildman–Crippen MR) is 104 cm³/mol. The smallest absolute Gasteiger partial charge is 0.166 e. The van der Waals surface area contributed by atoms with Gasteiger partial charge in [-0.25, -0.2) is 8.78 Å². The lowest BCUT2D eigenvalue weighted by atomic mass is 10.3. The molecule has 0 nitrogen and oxygen atoms in total. The first-order valence-electron chi connectivity index (χ1n) is 8.20. The minimum absolute atomic E-state index is 0.250. The lowest BCUT2D eigenvalue weighted by molar-refractivity contribution is 0.626. The van der Waals surface area contributed by atoms with Crippen LogP contribution in [0.25, 0.3) is 0 Å². The molecule has 0 N–H and O–H groups in total. The second kappa shape index (κ2) is 7.14. The molecule has 0 atom stereocenters. The summed E-state index contributed by atoms with van der Waals surface area (Å²) in [4.78, 5) is 3.20. The van der Waals surface area contributed by atoms with Gasteiger partial charge in [0.15, 0.2) is 14.7 Å². The molecular formula is C21H21F2SSi+. The van der Waals surface area contributed by atoms with Gasteiger partial charge in [-0.15, -0.1) is 0 Å². The summed E-state index contributed by atoms with van der Waals surface area (Å²) in [6.45, 7) is 6.96. The number of rotatable bonds is 4. The van der Waals surface area contributed by atoms with Crippen LogP contribution in [0, 0.1) is 11.6 Å². The van der Waals surface area contributed by atoms with Crippen LogP contribution in [-0.4, -0.2) is 8.07 Å². The average Bonchev–Trinajstić information content (AvgIpc) is 2.58. The van der Waals surface area contributed by atoms with Crippen molar-refractivity contribution in [3.05, 3.63) is 84.4 Å². The Morgan fingerprint density at radius 2 is 0.880 bits per heavy atom. The normalized spacial score (nSPS) is 11.8. The van der Waals surface area contributed by atoms with E-state index >= 15 is 0 Å². The van der Waals surface area contributed by atoms with E-state index in [1.807, 2.05) is 24.3 Å². The van der Waals surface area contributed by atoms with Gasteiger partial charge >= 0.3 is 0 Å². The molecule has 0 amide bonds. The van der Waals surface area contributed by atoms with Crippen LogP contribution in [0.2, 0.25) is 19.6 Å². The molecule has 3 rings (SSSR count). The molecule has 0 aromatic heterocycles. The molecule has 3 aromatic carbocycles. The van der Waals surface area contributed by atoms with Crippen LogP contribution in [0.3, 0.4) is 0 Å². The molecule has 128 valence electrons. The quantitative estimate of drug-likeness (QED) is 0.413. The summed E-state index contributed by atoms with van der Waals surface area (Å²) in [6, 6.07) is 21.9. The van der Waals surface area contributed by atoms with Gasteiger partial charge in [-0.3, -0.25) is 0 Å². The molecule has 0 fully saturated rings. The Labute approximate surface area is 151 Å². The van der Waals surface area contributed by atoms with Gasteiger partial charge in [0.2, 0.25) is 0 Å². The fraction of sp³-hybridized carbons (Fsp3) is 0.143. The molecule has 0 saturated carbocycles. The molecule has 0 aliphatic carbocycles. The van der Waals surface area contributed by atoms with Crippen molar-refractivity contribution in [1.82, 2.24) is 0 Å². The molecule has 0 heterocycles. The Hall–Kier alpha value is -1.91. The molecule has 0 aliphatic heterocycles. The van der Waals surface area contributed by atoms with Crippen molar-refractivity contribution in [3.8, 4) is 0 Å². The summed E-state index contributed by atoms with van der Waals surface area (Å²) in [5, 5.41) is 1.40. The van der Waals surface area contributed by atoms with E-state index in [0.29, 0.717) is 0 Å². The summed E-state index contributed by atoms with van der Waals surface area (Å²) in [7, 11) is -1.74. The Morgan fingerprint density at radius 1 is 0.560 bits per heavy atom. The van der Waals surface area contributed by atoms with E-state index in [0.717, 1.165) is 14.7 Å². The Morgan fingerprint density at radius 3 is 1.20 bits per heavy atom. The highest BCUT2D eigenvalue weighted by Gasteiger charge is 2.29. The summed E-state index contributed by atoms with van der Waals surface area (Å²) < 4.78 is 26.7. The first-order valence-corrected chi connectivity index (χ1v) is 12.9. The van der Waals surface area contributed by atoms with E-state index in [1.54, 1.807) is 0 Å². The molecule has 25 heavy (non-hydrogen) atoms. The van der Waals surface area contributed by atoms with E-state index in [1.165, 1.54) is 29.5 Å². The molecule has 0 saturated heterocycles. The molecular weight excluding hydrogens is 350 g/mol. The van der Waals surface area contributed by atoms with E-state index in [9.17, 15) is 8.78 Å². The second-order valence-corrected chi connectivity index (χ2v) is 14.1. The third kappa shape index (κ3) is 4.20. The maximum absolute atomic E-state index is 13.4. The van der Waals surface area contributed by atoms with Crippen LogP contribution in [0.1, 0.15) is 0 Å². The van der Waals surface area contributed by atoms with Gasteiger partial charge in [-0.05, 0) is 60.7 Å². The zero-order valence-electron chi connectivity index (χ0n) is 14.6. The van der Waals surface area contributed by atoms with Crippen molar-refractivity contribution in [3.63, 3.8) is 0 Å². The van der Waals surface area contributed by atoms with Crippen molar-refractivity contribution < 1.29 is 8.78 Å². The van der Waals surface area contributed by atoms with Gasteiger partial charge < -0.3 is 0 Å². The lowest BCUT2D eigenvalue weighted by Gasteiger charge is -2.16. The SMILES string of the molecule is C[Si](C)(C)c1ccc([S+](c2ccc(F)cc2)c2ccc(F)cc2)cc1. The number of hydrogen-bond donors (Lipinski definition) is 0. The molecule has 0 unspecified atom stereocenters. The fourth-order valence-electron chi connectivity index (χ4n) is 2.64. The molecule has 0 bridgehead atoms. The van der Waals surface area contributed by atoms with E-state index in [-0.39, 0.29) is 22.5 Å². The summed E-state index contributed by atoms with van der Waals surface area (Å²) in [6.07, 6.45) is 0. The van der Waals surface area contributed by atoms with Gasteiger partial charge in [-0.2, -0.15) is 0 Å². The maximum atomic E-state index is 13.4. The van der Waals surface area contributed by atoms with Crippen molar-refractivity contribution >= 4 is 24.2 Å². The third-order valence-corrected chi connectivity index (χ3v) is 8.35. The molecule has 4 heteroatoms. The highest BCUT2D eigenvalue weighted by Crippen LogP contribution is 2.31. The van der Waals surface area contributed by atoms with Gasteiger partial charge in [0, 0.05) is 0 Å². The fourth-order valence-corrected chi connectivity index (χ4v) is 5.85. The van der Waals surface area contributed by atoms with Gasteiger partial charge in [0.1, 0.15) is 11.6 Å². The van der Waals surface area contributed by atoms with Crippen LogP contribution in [0.15, 0.2) is 87.5 Å². The van der Waals surface area contributed by atoms with Crippen molar-refractivity contribution in [1.29, 1.82) is 0 Å². The van der Waals surface area contributed by atoms with Gasteiger partial charge in [0.05, 0.1) is 19.0 Å². The average molecular weight is 372 g/mol. The zero-order chi connectivity index (χ0) is 18.0. The zero-order valence-corrected chi connectivity index (χ0v) is 16.4. The lowest BCUT2D eigenvalue weighted by Crippen LogP contribution is -2.37. The van der Waals surface area contributed by atoms with E-state index < -0.39 is 8.07 Å². The number of hydrogen-bond acceptors (Lipinski definition) is 0. The van der Waals surface area contributed by atoms with E-state index in [2.05, 4.69) is 43.9 Å². The minimum atomic E-state index is -1.36. The van der Waals surface area contributed by atoms with Crippen LogP contribution >= 0.6 is 0 Å². The topological polar surface area (TPSA) is 0 Å². The van der Waals surface area contributed by atoms with E-state index in [4.69, 9.17) is 0 Å². The Balaban J connectivity index is 2.07. The number of halogens is 2. The predicted octanol–water partition coefficient (Wildman–Crippen LogP) is 5.61. The maximum Gasteiger partial charge on any atom is 0.166 e. The first kappa shape index (κ1) is 17.9. The highest BCUT2D eigenvalue weighted by atomic mass is 32.2. The monoisotopic (exact) mass is 371 g/mol. The highest BCUT2D eigenvalue weighted by molar-refractivity contribution is 7.97. The van der Waals surface area contributed by atoms with Gasteiger partial charge in [-0.1, -0.05) is 37.0 Å². The van der Waals surface area contributed by atoms with Crippen molar-refractivity contribution in [2.45, 2.75) is 34.3 Å². The molecule has 0 spiro atoms. The first-order chi connectivity index (χ1) is 11.8. The van der Waals surface area contributed by atoms with Crippen LogP contribution in [0.4, 0.5) is 8.78 Å². The molecule has 3 aromatic rings. The van der Waals surface area contributed by atoms with Crippen LogP contribution < -0.4 is 5.19 Å². The molecule has 0 radical (unpaired) electrons. The van der Waals surface area contributed by atoms with Gasteiger partial charge in [0.25, 0.3) is 0 Å². The molecule has 0 aliphatic rings. The standard InChI is InChI=1S/C21H21F2SSi/c1-25(2,3)21-14-12-20(13-15-21)24(18-8-4-16(22)5-9-18)19-10-6-17(23)7-11-19/h4-15H,1-3H3/q+1. The summed E-state index contributed by atoms with van der Waals surface area (Å²) >= 11 is 0. The Bertz CT molecular complexity index is 790. The second-order valence-electron chi connectivity index (χ2n) is 6.99. The third-order valence-electron chi connectivity index (χ3n) is 4.05. The van der Waals surface area contributed by atoms with Crippen molar-refractivity contribution in [2.24, 2.45) is 0 Å². The summed E-state index contributed by atoms with van der Waals surface area (Å²) in [5.41, 5.74) is 0. The van der Waals surface area contributed by atoms with Crippen molar-refractivity contribution in [2.75, 3.05) is 0 Å². The number of benzene rings is 3. The Kier molecular flexibility index (Phi) is 5.11. The largest absolute Gasteiger partial charge is 0.207 e.